The summed E-state index contributed by atoms with van der Waals surface area (Å²) in [7, 11) is 1.63. The summed E-state index contributed by atoms with van der Waals surface area (Å²) in [5.41, 5.74) is 2.50. The number of carbonyl (C=O) groups excluding carboxylic acids is 1. The van der Waals surface area contributed by atoms with Crippen molar-refractivity contribution in [3.8, 4) is 11.5 Å². The van der Waals surface area contributed by atoms with Gasteiger partial charge in [-0.25, -0.2) is 0 Å². The van der Waals surface area contributed by atoms with Crippen molar-refractivity contribution in [3.63, 3.8) is 0 Å². The van der Waals surface area contributed by atoms with E-state index in [0.29, 0.717) is 22.9 Å². The molecule has 5 heteroatoms. The van der Waals surface area contributed by atoms with E-state index in [4.69, 9.17) is 21.1 Å². The molecule has 1 aliphatic rings. The van der Waals surface area contributed by atoms with Crippen molar-refractivity contribution < 1.29 is 14.3 Å². The van der Waals surface area contributed by atoms with E-state index in [-0.39, 0.29) is 5.91 Å². The first-order valence-electron chi connectivity index (χ1n) is 9.43. The smallest absolute Gasteiger partial charge is 0.253 e. The van der Waals surface area contributed by atoms with E-state index < -0.39 is 0 Å². The first-order valence-corrected chi connectivity index (χ1v) is 9.81. The topological polar surface area (TPSA) is 38.8 Å². The highest BCUT2D eigenvalue weighted by Gasteiger charge is 2.18. The standard InChI is InChI=1S/C22H26ClNO3/c1-16-13-19(8-9-20(16)23)27-15-18-14-17(7-10-21(18)26-2)22(25)24-11-5-3-4-6-12-24/h7-10,13-14H,3-6,11-12,15H2,1-2H3. The lowest BCUT2D eigenvalue weighted by Gasteiger charge is -2.21. The molecule has 0 aromatic heterocycles. The SMILES string of the molecule is COc1ccc(C(=O)N2CCCCCC2)cc1COc1ccc(Cl)c(C)c1. The van der Waals surface area contributed by atoms with Crippen LogP contribution >= 0.6 is 11.6 Å². The zero-order valence-corrected chi connectivity index (χ0v) is 16.7. The minimum absolute atomic E-state index is 0.0862. The molecule has 27 heavy (non-hydrogen) atoms. The number of ether oxygens (including phenoxy) is 2. The molecule has 0 atom stereocenters. The fraction of sp³-hybridized carbons (Fsp3) is 0.409. The Morgan fingerprint density at radius 3 is 2.48 bits per heavy atom. The Balaban J connectivity index is 1.76. The number of rotatable bonds is 5. The summed E-state index contributed by atoms with van der Waals surface area (Å²) >= 11 is 6.07. The van der Waals surface area contributed by atoms with Crippen molar-refractivity contribution >= 4 is 17.5 Å². The first-order chi connectivity index (χ1) is 13.1. The number of hydrogen-bond acceptors (Lipinski definition) is 3. The van der Waals surface area contributed by atoms with Gasteiger partial charge in [-0.05, 0) is 61.7 Å². The molecular formula is C22H26ClNO3. The number of likely N-dealkylation sites (tertiary alicyclic amines) is 1. The molecule has 2 aromatic carbocycles. The molecule has 3 rings (SSSR count). The van der Waals surface area contributed by atoms with Gasteiger partial charge in [-0.1, -0.05) is 24.4 Å². The second-order valence-electron chi connectivity index (χ2n) is 6.93. The van der Waals surface area contributed by atoms with Gasteiger partial charge in [0.2, 0.25) is 0 Å². The average Bonchev–Trinajstić information content (AvgIpc) is 2.97. The van der Waals surface area contributed by atoms with E-state index in [1.807, 2.05) is 48.2 Å². The summed E-state index contributed by atoms with van der Waals surface area (Å²) in [5, 5.41) is 0.713. The van der Waals surface area contributed by atoms with Gasteiger partial charge in [-0.15, -0.1) is 0 Å². The molecule has 0 unspecified atom stereocenters. The van der Waals surface area contributed by atoms with Crippen molar-refractivity contribution in [2.75, 3.05) is 20.2 Å². The first kappa shape index (κ1) is 19.6. The highest BCUT2D eigenvalue weighted by atomic mass is 35.5. The Morgan fingerprint density at radius 1 is 1.07 bits per heavy atom. The predicted molar refractivity (Wildman–Crippen MR) is 108 cm³/mol. The van der Waals surface area contributed by atoms with Gasteiger partial charge < -0.3 is 14.4 Å². The van der Waals surface area contributed by atoms with E-state index >= 15 is 0 Å². The van der Waals surface area contributed by atoms with Gasteiger partial charge in [0, 0.05) is 29.2 Å². The molecular weight excluding hydrogens is 362 g/mol. The van der Waals surface area contributed by atoms with E-state index in [1.54, 1.807) is 7.11 Å². The number of aryl methyl sites for hydroxylation is 1. The second kappa shape index (κ2) is 9.14. The zero-order chi connectivity index (χ0) is 19.2. The van der Waals surface area contributed by atoms with Gasteiger partial charge in [0.05, 0.1) is 7.11 Å². The third-order valence-electron chi connectivity index (χ3n) is 4.94. The van der Waals surface area contributed by atoms with Crippen LogP contribution in [0.15, 0.2) is 36.4 Å². The van der Waals surface area contributed by atoms with Crippen molar-refractivity contribution in [2.24, 2.45) is 0 Å². The van der Waals surface area contributed by atoms with Gasteiger partial charge >= 0.3 is 0 Å². The number of amides is 1. The van der Waals surface area contributed by atoms with E-state index in [9.17, 15) is 4.79 Å². The van der Waals surface area contributed by atoms with Gasteiger partial charge in [-0.3, -0.25) is 4.79 Å². The molecule has 0 saturated carbocycles. The average molecular weight is 388 g/mol. The summed E-state index contributed by atoms with van der Waals surface area (Å²) in [6, 6.07) is 11.1. The molecule has 1 heterocycles. The third-order valence-corrected chi connectivity index (χ3v) is 5.37. The highest BCUT2D eigenvalue weighted by Crippen LogP contribution is 2.26. The Labute approximate surface area is 166 Å². The Kier molecular flexibility index (Phi) is 6.62. The fourth-order valence-corrected chi connectivity index (χ4v) is 3.47. The maximum Gasteiger partial charge on any atom is 0.253 e. The van der Waals surface area contributed by atoms with E-state index in [1.165, 1.54) is 12.8 Å². The quantitative estimate of drug-likeness (QED) is 0.703. The third kappa shape index (κ3) is 4.95. The largest absolute Gasteiger partial charge is 0.496 e. The molecule has 0 spiro atoms. The lowest BCUT2D eigenvalue weighted by atomic mass is 10.1. The number of carbonyl (C=O) groups is 1. The van der Waals surface area contributed by atoms with Gasteiger partial charge in [0.15, 0.2) is 0 Å². The van der Waals surface area contributed by atoms with Crippen LogP contribution in [0.4, 0.5) is 0 Å². The van der Waals surface area contributed by atoms with Crippen molar-refractivity contribution in [1.82, 2.24) is 4.90 Å². The van der Waals surface area contributed by atoms with Crippen LogP contribution in [-0.4, -0.2) is 31.0 Å². The minimum Gasteiger partial charge on any atom is -0.496 e. The highest BCUT2D eigenvalue weighted by molar-refractivity contribution is 6.31. The normalized spacial score (nSPS) is 14.6. The summed E-state index contributed by atoms with van der Waals surface area (Å²) in [6.45, 7) is 3.93. The summed E-state index contributed by atoms with van der Waals surface area (Å²) < 4.78 is 11.4. The van der Waals surface area contributed by atoms with Crippen LogP contribution in [0.25, 0.3) is 0 Å². The Bertz CT molecular complexity index is 798. The van der Waals surface area contributed by atoms with Gasteiger partial charge in [0.1, 0.15) is 18.1 Å². The molecule has 1 amide bonds. The molecule has 144 valence electrons. The number of benzene rings is 2. The molecule has 0 N–H and O–H groups in total. The monoisotopic (exact) mass is 387 g/mol. The summed E-state index contributed by atoms with van der Waals surface area (Å²) in [5.74, 6) is 1.54. The maximum absolute atomic E-state index is 12.9. The van der Waals surface area contributed by atoms with Crippen molar-refractivity contribution in [2.45, 2.75) is 39.2 Å². The molecule has 1 saturated heterocycles. The Hall–Kier alpha value is -2.20. The summed E-state index contributed by atoms with van der Waals surface area (Å²) in [6.07, 6.45) is 4.56. The summed E-state index contributed by atoms with van der Waals surface area (Å²) in [4.78, 5) is 14.9. The molecule has 0 aliphatic carbocycles. The molecule has 0 radical (unpaired) electrons. The van der Waals surface area contributed by atoms with Crippen LogP contribution < -0.4 is 9.47 Å². The molecule has 0 bridgehead atoms. The molecule has 4 nitrogen and oxygen atoms in total. The van der Waals surface area contributed by atoms with Crippen LogP contribution in [0.2, 0.25) is 5.02 Å². The molecule has 1 fully saturated rings. The number of methoxy groups -OCH3 is 1. The molecule has 2 aromatic rings. The van der Waals surface area contributed by atoms with Crippen molar-refractivity contribution in [3.05, 3.63) is 58.1 Å². The van der Waals surface area contributed by atoms with Gasteiger partial charge in [-0.2, -0.15) is 0 Å². The zero-order valence-electron chi connectivity index (χ0n) is 16.0. The van der Waals surface area contributed by atoms with Gasteiger partial charge in [0.25, 0.3) is 5.91 Å². The van der Waals surface area contributed by atoms with E-state index in [2.05, 4.69) is 0 Å². The van der Waals surface area contributed by atoms with E-state index in [0.717, 1.165) is 42.8 Å². The number of halogens is 1. The van der Waals surface area contributed by atoms with Crippen LogP contribution in [0.1, 0.15) is 47.2 Å². The predicted octanol–water partition coefficient (Wildman–Crippen LogP) is 5.25. The van der Waals surface area contributed by atoms with Crippen molar-refractivity contribution in [1.29, 1.82) is 0 Å². The lowest BCUT2D eigenvalue weighted by molar-refractivity contribution is 0.0761. The van der Waals surface area contributed by atoms with Crippen LogP contribution in [0.3, 0.4) is 0 Å². The Morgan fingerprint density at radius 2 is 1.81 bits per heavy atom. The fourth-order valence-electron chi connectivity index (χ4n) is 3.35. The molecule has 1 aliphatic heterocycles. The second-order valence-corrected chi connectivity index (χ2v) is 7.34. The van der Waals surface area contributed by atoms with Crippen LogP contribution in [-0.2, 0) is 6.61 Å². The van der Waals surface area contributed by atoms with Crippen LogP contribution in [0.5, 0.6) is 11.5 Å². The maximum atomic E-state index is 12.9. The minimum atomic E-state index is 0.0862. The number of hydrogen-bond donors (Lipinski definition) is 0. The lowest BCUT2D eigenvalue weighted by Crippen LogP contribution is -2.31. The number of nitrogens with zero attached hydrogens (tertiary/aromatic N) is 1. The van der Waals surface area contributed by atoms with Crippen LogP contribution in [0, 0.1) is 6.92 Å².